The summed E-state index contributed by atoms with van der Waals surface area (Å²) < 4.78 is 6.08. The van der Waals surface area contributed by atoms with Crippen molar-refractivity contribution in [3.63, 3.8) is 0 Å². The lowest BCUT2D eigenvalue weighted by Crippen LogP contribution is -2.29. The summed E-state index contributed by atoms with van der Waals surface area (Å²) in [5, 5.41) is 2.67. The molecule has 1 aliphatic rings. The lowest BCUT2D eigenvalue weighted by molar-refractivity contribution is 0.256. The van der Waals surface area contributed by atoms with Crippen molar-refractivity contribution in [1.29, 1.82) is 0 Å². The van der Waals surface area contributed by atoms with Crippen LogP contribution in [0.25, 0.3) is 10.8 Å². The maximum atomic E-state index is 6.08. The quantitative estimate of drug-likeness (QED) is 0.607. The number of hydrogen-bond donors (Lipinski definition) is 0. The van der Waals surface area contributed by atoms with Gasteiger partial charge < -0.3 is 9.64 Å². The van der Waals surface area contributed by atoms with Crippen LogP contribution in [0.5, 0.6) is 5.75 Å². The summed E-state index contributed by atoms with van der Waals surface area (Å²) in [4.78, 5) is 5.04. The molecule has 3 heteroatoms. The predicted molar refractivity (Wildman–Crippen MR) is 107 cm³/mol. The fourth-order valence-electron chi connectivity index (χ4n) is 3.76. The van der Waals surface area contributed by atoms with Gasteiger partial charge in [-0.05, 0) is 86.4 Å². The molecule has 1 saturated heterocycles. The van der Waals surface area contributed by atoms with Gasteiger partial charge in [-0.25, -0.2) is 0 Å². The van der Waals surface area contributed by atoms with Crippen molar-refractivity contribution in [2.75, 3.05) is 20.1 Å². The van der Waals surface area contributed by atoms with Gasteiger partial charge in [0, 0.05) is 9.75 Å². The van der Waals surface area contributed by atoms with Crippen LogP contribution < -0.4 is 4.74 Å². The Morgan fingerprint density at radius 3 is 2.68 bits per heavy atom. The molecule has 0 aliphatic carbocycles. The van der Waals surface area contributed by atoms with Crippen molar-refractivity contribution in [3.8, 4) is 5.75 Å². The van der Waals surface area contributed by atoms with Crippen LogP contribution >= 0.6 is 11.3 Å². The third-order valence-corrected chi connectivity index (χ3v) is 6.20. The lowest BCUT2D eigenvalue weighted by Gasteiger charge is -2.30. The van der Waals surface area contributed by atoms with Gasteiger partial charge in [0.25, 0.3) is 0 Å². The molecular weight excluding hydrogens is 326 g/mol. The van der Waals surface area contributed by atoms with E-state index in [2.05, 4.69) is 67.4 Å². The normalized spacial score (nSPS) is 16.4. The van der Waals surface area contributed by atoms with Crippen LogP contribution in [0.2, 0.25) is 0 Å². The monoisotopic (exact) mass is 351 g/mol. The predicted octanol–water partition coefficient (Wildman–Crippen LogP) is 5.60. The van der Waals surface area contributed by atoms with Gasteiger partial charge in [0.15, 0.2) is 0 Å². The summed E-state index contributed by atoms with van der Waals surface area (Å²) in [6, 6.07) is 17.6. The number of likely N-dealkylation sites (tertiary alicyclic amines) is 1. The minimum Gasteiger partial charge on any atom is -0.488 e. The van der Waals surface area contributed by atoms with E-state index in [0.29, 0.717) is 12.5 Å². The summed E-state index contributed by atoms with van der Waals surface area (Å²) in [6.45, 7) is 5.17. The van der Waals surface area contributed by atoms with E-state index in [1.807, 2.05) is 11.3 Å². The van der Waals surface area contributed by atoms with E-state index < -0.39 is 0 Å². The second-order valence-corrected chi connectivity index (χ2v) is 8.48. The van der Waals surface area contributed by atoms with E-state index in [1.54, 1.807) is 0 Å². The van der Waals surface area contributed by atoms with Crippen molar-refractivity contribution in [3.05, 3.63) is 63.8 Å². The average Bonchev–Trinajstić information content (AvgIpc) is 3.05. The highest BCUT2D eigenvalue weighted by Gasteiger charge is 2.20. The number of piperidine rings is 1. The Bertz CT molecular complexity index is 861. The van der Waals surface area contributed by atoms with Gasteiger partial charge in [0.2, 0.25) is 0 Å². The van der Waals surface area contributed by atoms with E-state index in [-0.39, 0.29) is 0 Å². The second kappa shape index (κ2) is 7.19. The van der Waals surface area contributed by atoms with Crippen LogP contribution in [-0.2, 0) is 6.61 Å². The molecule has 2 heterocycles. The van der Waals surface area contributed by atoms with E-state index in [4.69, 9.17) is 4.74 Å². The Balaban J connectivity index is 1.59. The Kier molecular flexibility index (Phi) is 4.78. The molecule has 0 atom stereocenters. The van der Waals surface area contributed by atoms with Gasteiger partial charge in [-0.3, -0.25) is 0 Å². The number of hydrogen-bond acceptors (Lipinski definition) is 3. The van der Waals surface area contributed by atoms with Crippen LogP contribution in [0.3, 0.4) is 0 Å². The second-order valence-electron chi connectivity index (χ2n) is 7.11. The van der Waals surface area contributed by atoms with Crippen molar-refractivity contribution in [2.24, 2.45) is 0 Å². The standard InChI is InChI=1S/C22H25NOS/c1-16-6-9-20(25-16)15-24-19-8-7-17-4-3-5-21(22(17)14-19)18-10-12-23(2)13-11-18/h3-9,14,18H,10-13,15H2,1-2H3. The molecule has 0 N–H and O–H groups in total. The molecule has 0 saturated carbocycles. The first-order valence-electron chi connectivity index (χ1n) is 9.08. The zero-order valence-corrected chi connectivity index (χ0v) is 15.8. The van der Waals surface area contributed by atoms with Crippen LogP contribution in [0.1, 0.15) is 34.1 Å². The van der Waals surface area contributed by atoms with Crippen LogP contribution in [0, 0.1) is 6.92 Å². The van der Waals surface area contributed by atoms with E-state index in [0.717, 1.165) is 5.75 Å². The van der Waals surface area contributed by atoms with Crippen molar-refractivity contribution < 1.29 is 4.74 Å². The van der Waals surface area contributed by atoms with Crippen molar-refractivity contribution in [2.45, 2.75) is 32.3 Å². The molecule has 2 aromatic carbocycles. The molecule has 1 aliphatic heterocycles. The third kappa shape index (κ3) is 3.73. The van der Waals surface area contributed by atoms with E-state index in [9.17, 15) is 0 Å². The molecule has 0 unspecified atom stereocenters. The fraction of sp³-hybridized carbons (Fsp3) is 0.364. The molecule has 0 bridgehead atoms. The number of rotatable bonds is 4. The fourth-order valence-corrected chi connectivity index (χ4v) is 4.56. The molecule has 1 fully saturated rings. The molecule has 0 amide bonds. The molecule has 0 spiro atoms. The molecule has 25 heavy (non-hydrogen) atoms. The molecule has 2 nitrogen and oxygen atoms in total. The number of benzene rings is 2. The number of ether oxygens (including phenoxy) is 1. The van der Waals surface area contributed by atoms with Gasteiger partial charge in [-0.1, -0.05) is 24.3 Å². The number of aryl methyl sites for hydroxylation is 1. The van der Waals surface area contributed by atoms with Crippen LogP contribution in [0.4, 0.5) is 0 Å². The summed E-state index contributed by atoms with van der Waals surface area (Å²) in [7, 11) is 2.22. The maximum Gasteiger partial charge on any atom is 0.122 e. The first-order chi connectivity index (χ1) is 12.2. The minimum atomic E-state index is 0.653. The molecule has 4 rings (SSSR count). The molecule has 1 aromatic heterocycles. The Morgan fingerprint density at radius 2 is 1.92 bits per heavy atom. The Hall–Kier alpha value is -1.84. The van der Waals surface area contributed by atoms with E-state index in [1.165, 1.54) is 52.0 Å². The summed E-state index contributed by atoms with van der Waals surface area (Å²) in [6.07, 6.45) is 2.49. The van der Waals surface area contributed by atoms with Crippen molar-refractivity contribution >= 4 is 22.1 Å². The SMILES string of the molecule is Cc1ccc(COc2ccc3cccc(C4CCN(C)CC4)c3c2)s1. The summed E-state index contributed by atoms with van der Waals surface area (Å²) in [5.41, 5.74) is 1.49. The average molecular weight is 352 g/mol. The first kappa shape index (κ1) is 16.6. The molecular formula is C22H25NOS. The Labute approximate surface area is 154 Å². The molecule has 0 radical (unpaired) electrons. The molecule has 130 valence electrons. The zero-order valence-electron chi connectivity index (χ0n) is 15.0. The van der Waals surface area contributed by atoms with Gasteiger partial charge in [0.05, 0.1) is 0 Å². The highest BCUT2D eigenvalue weighted by atomic mass is 32.1. The Morgan fingerprint density at radius 1 is 1.08 bits per heavy atom. The topological polar surface area (TPSA) is 12.5 Å². The lowest BCUT2D eigenvalue weighted by atomic mass is 9.86. The van der Waals surface area contributed by atoms with Gasteiger partial charge in [0.1, 0.15) is 12.4 Å². The first-order valence-corrected chi connectivity index (χ1v) is 9.90. The summed E-state index contributed by atoms with van der Waals surface area (Å²) in [5.74, 6) is 1.63. The largest absolute Gasteiger partial charge is 0.488 e. The third-order valence-electron chi connectivity index (χ3n) is 5.22. The maximum absolute atomic E-state index is 6.08. The number of fused-ring (bicyclic) bond motifs is 1. The highest BCUT2D eigenvalue weighted by molar-refractivity contribution is 7.11. The highest BCUT2D eigenvalue weighted by Crippen LogP contribution is 2.34. The van der Waals surface area contributed by atoms with Crippen molar-refractivity contribution in [1.82, 2.24) is 4.90 Å². The number of thiophene rings is 1. The van der Waals surface area contributed by atoms with Gasteiger partial charge in [-0.2, -0.15) is 0 Å². The summed E-state index contributed by atoms with van der Waals surface area (Å²) >= 11 is 1.81. The smallest absolute Gasteiger partial charge is 0.122 e. The van der Waals surface area contributed by atoms with E-state index >= 15 is 0 Å². The van der Waals surface area contributed by atoms with Gasteiger partial charge in [-0.15, -0.1) is 11.3 Å². The number of nitrogens with zero attached hydrogens (tertiary/aromatic N) is 1. The minimum absolute atomic E-state index is 0.653. The van der Waals surface area contributed by atoms with Crippen LogP contribution in [0.15, 0.2) is 48.5 Å². The van der Waals surface area contributed by atoms with Gasteiger partial charge >= 0.3 is 0 Å². The molecule has 3 aromatic rings. The van der Waals surface area contributed by atoms with Crippen LogP contribution in [-0.4, -0.2) is 25.0 Å². The zero-order chi connectivity index (χ0) is 17.2.